The number of benzene rings is 2. The summed E-state index contributed by atoms with van der Waals surface area (Å²) in [4.78, 5) is 15.6. The number of allylic oxidation sites excluding steroid dienone is 1. The van der Waals surface area contributed by atoms with Crippen LogP contribution in [0.1, 0.15) is 36.6 Å². The van der Waals surface area contributed by atoms with Gasteiger partial charge in [-0.15, -0.1) is 0 Å². The molecule has 34 heavy (non-hydrogen) atoms. The number of ether oxygens (including phenoxy) is 1. The Morgan fingerprint density at radius 3 is 2.68 bits per heavy atom. The first kappa shape index (κ1) is 22.9. The monoisotopic (exact) mass is 519 g/mol. The van der Waals surface area contributed by atoms with E-state index in [9.17, 15) is 10.1 Å². The molecule has 0 spiro atoms. The number of aromatic nitrogens is 1. The van der Waals surface area contributed by atoms with Crippen molar-refractivity contribution >= 4 is 36.3 Å². The van der Waals surface area contributed by atoms with Crippen molar-refractivity contribution in [2.75, 3.05) is 20.2 Å². The molecule has 0 saturated carbocycles. The van der Waals surface area contributed by atoms with Crippen LogP contribution in [-0.4, -0.2) is 50.6 Å². The van der Waals surface area contributed by atoms with E-state index >= 15 is 0 Å². The zero-order chi connectivity index (χ0) is 23.8. The van der Waals surface area contributed by atoms with Gasteiger partial charge in [0.1, 0.15) is 0 Å². The minimum absolute atomic E-state index is 0.0407. The van der Waals surface area contributed by atoms with Crippen LogP contribution in [0.15, 0.2) is 66.2 Å². The summed E-state index contributed by atoms with van der Waals surface area (Å²) in [7, 11) is 3.60. The fraction of sp³-hybridized carbons (Fsp3) is 0.357. The predicted octanol–water partition coefficient (Wildman–Crippen LogP) is 4.10. The van der Waals surface area contributed by atoms with Crippen LogP contribution < -0.4 is 4.46 Å². The third-order valence-electron chi connectivity index (χ3n) is 7.39. The molecule has 2 aromatic carbocycles. The van der Waals surface area contributed by atoms with Gasteiger partial charge in [0.05, 0.1) is 0 Å². The summed E-state index contributed by atoms with van der Waals surface area (Å²) in [6, 6.07) is 21.5. The van der Waals surface area contributed by atoms with Gasteiger partial charge in [-0.3, -0.25) is 0 Å². The molecule has 174 valence electrons. The fourth-order valence-electron chi connectivity index (χ4n) is 5.90. The Bertz CT molecular complexity index is 1290. The number of aryl methyl sites for hydroxylation is 1. The third-order valence-corrected chi connectivity index (χ3v) is 9.67. The maximum atomic E-state index is 13.1. The van der Waals surface area contributed by atoms with Gasteiger partial charge >= 0.3 is 207 Å². The molecule has 1 saturated heterocycles. The molecular weight excluding hydrogens is 489 g/mol. The number of nitriles is 1. The standard InChI is InChI=1S/C28H29N3O2Se/c1-4-18-16-31(17-20(15-29)34-19-10-6-5-7-11-19)24-14-22(18)26(28(32)33-3)25-21-12-8-9-13-23(21)30(2)27(24)25/h4-13,20,22,24,26H,14,16-17H2,1-3H3/b18-4-/t20?,22-,24-,26+/m1/s1. The van der Waals surface area contributed by atoms with Crippen molar-refractivity contribution in [3.8, 4) is 6.07 Å². The molecule has 0 amide bonds. The fourth-order valence-corrected chi connectivity index (χ4v) is 7.92. The Morgan fingerprint density at radius 2 is 1.97 bits per heavy atom. The quantitative estimate of drug-likeness (QED) is 0.290. The van der Waals surface area contributed by atoms with Crippen molar-refractivity contribution in [3.63, 3.8) is 0 Å². The second-order valence-corrected chi connectivity index (χ2v) is 11.8. The van der Waals surface area contributed by atoms with Crippen molar-refractivity contribution in [2.24, 2.45) is 13.0 Å². The minimum atomic E-state index is -0.295. The van der Waals surface area contributed by atoms with Crippen LogP contribution >= 0.6 is 0 Å². The second-order valence-electron chi connectivity index (χ2n) is 9.08. The first-order chi connectivity index (χ1) is 16.6. The summed E-state index contributed by atoms with van der Waals surface area (Å²) in [5, 5.41) is 11.2. The van der Waals surface area contributed by atoms with E-state index in [4.69, 9.17) is 4.74 Å². The number of likely N-dealkylation sites (tertiary alicyclic amines) is 1. The van der Waals surface area contributed by atoms with Crippen molar-refractivity contribution in [3.05, 3.63) is 77.5 Å². The van der Waals surface area contributed by atoms with Gasteiger partial charge in [-0.25, -0.2) is 0 Å². The summed E-state index contributed by atoms with van der Waals surface area (Å²) in [5.74, 6) is -0.329. The molecule has 6 heteroatoms. The Labute approximate surface area is 207 Å². The second kappa shape index (κ2) is 9.43. The molecule has 5 rings (SSSR count). The number of carbonyl (C=O) groups is 1. The van der Waals surface area contributed by atoms with E-state index < -0.39 is 0 Å². The molecule has 2 aliphatic rings. The molecule has 0 radical (unpaired) electrons. The van der Waals surface area contributed by atoms with Crippen LogP contribution in [0.2, 0.25) is 4.82 Å². The number of fused-ring (bicyclic) bond motifs is 6. The zero-order valence-corrected chi connectivity index (χ0v) is 21.5. The zero-order valence-electron chi connectivity index (χ0n) is 19.8. The number of methoxy groups -OCH3 is 1. The van der Waals surface area contributed by atoms with Crippen molar-refractivity contribution in [1.82, 2.24) is 9.47 Å². The Kier molecular flexibility index (Phi) is 6.36. The molecule has 3 aromatic rings. The normalized spacial score (nSPS) is 23.9. The van der Waals surface area contributed by atoms with E-state index in [0.717, 1.165) is 36.0 Å². The summed E-state index contributed by atoms with van der Waals surface area (Å²) in [6.07, 6.45) is 3.04. The maximum absolute atomic E-state index is 13.1. The van der Waals surface area contributed by atoms with Crippen LogP contribution in [0.5, 0.6) is 0 Å². The molecular formula is C28H29N3O2Se. The first-order valence-electron chi connectivity index (χ1n) is 11.7. The van der Waals surface area contributed by atoms with Gasteiger partial charge in [0, 0.05) is 0 Å². The van der Waals surface area contributed by atoms with Gasteiger partial charge in [0.25, 0.3) is 0 Å². The molecule has 2 heterocycles. The van der Waals surface area contributed by atoms with Crippen LogP contribution in [0, 0.1) is 17.2 Å². The number of hydrogen-bond donors (Lipinski definition) is 0. The van der Waals surface area contributed by atoms with Gasteiger partial charge in [0.15, 0.2) is 0 Å². The first-order valence-corrected chi connectivity index (χ1v) is 13.6. The van der Waals surface area contributed by atoms with Crippen LogP contribution in [0.25, 0.3) is 10.9 Å². The van der Waals surface area contributed by atoms with Crippen molar-refractivity contribution in [2.45, 2.75) is 30.1 Å². The number of hydrogen-bond acceptors (Lipinski definition) is 4. The molecule has 1 aliphatic heterocycles. The van der Waals surface area contributed by atoms with Gasteiger partial charge in [-0.2, -0.15) is 0 Å². The molecule has 1 fully saturated rings. The average molecular weight is 519 g/mol. The number of para-hydroxylation sites is 1. The number of nitrogens with zero attached hydrogens (tertiary/aromatic N) is 3. The van der Waals surface area contributed by atoms with E-state index in [2.05, 4.69) is 65.9 Å². The van der Waals surface area contributed by atoms with Gasteiger partial charge < -0.3 is 0 Å². The van der Waals surface area contributed by atoms with Crippen LogP contribution in [0.4, 0.5) is 0 Å². The Balaban J connectivity index is 1.59. The van der Waals surface area contributed by atoms with E-state index in [1.54, 1.807) is 0 Å². The van der Waals surface area contributed by atoms with Crippen molar-refractivity contribution < 1.29 is 9.53 Å². The Hall–Kier alpha value is -2.84. The number of carbonyl (C=O) groups excluding carboxylic acids is 1. The SMILES string of the molecule is C/C=C1/CN(CC(C#N)[Se]c2ccccc2)[C@@H]2C[C@H]1[C@H](C(=O)OC)c1c2n(C)c2ccccc12. The average Bonchev–Trinajstić information content (AvgIpc) is 3.17. The molecule has 5 nitrogen and oxygen atoms in total. The van der Waals surface area contributed by atoms with Gasteiger partial charge in [0.2, 0.25) is 0 Å². The Morgan fingerprint density at radius 1 is 1.24 bits per heavy atom. The summed E-state index contributed by atoms with van der Waals surface area (Å²) in [6.45, 7) is 3.57. The molecule has 4 atom stereocenters. The van der Waals surface area contributed by atoms with E-state index in [-0.39, 0.29) is 43.6 Å². The molecule has 1 unspecified atom stereocenters. The summed E-state index contributed by atoms with van der Waals surface area (Å²) >= 11 is 0.0773. The molecule has 2 bridgehead atoms. The summed E-state index contributed by atoms with van der Waals surface area (Å²) < 4.78 is 8.85. The predicted molar refractivity (Wildman–Crippen MR) is 135 cm³/mol. The third kappa shape index (κ3) is 3.78. The van der Waals surface area contributed by atoms with Crippen molar-refractivity contribution in [1.29, 1.82) is 5.26 Å². The van der Waals surface area contributed by atoms with Gasteiger partial charge in [-0.05, 0) is 0 Å². The number of rotatable bonds is 5. The number of esters is 1. The van der Waals surface area contributed by atoms with E-state index in [1.165, 1.54) is 22.8 Å². The summed E-state index contributed by atoms with van der Waals surface area (Å²) in [5.41, 5.74) is 4.72. The van der Waals surface area contributed by atoms with Crippen LogP contribution in [0.3, 0.4) is 0 Å². The van der Waals surface area contributed by atoms with E-state index in [1.807, 2.05) is 24.3 Å². The molecule has 1 aromatic heterocycles. The topological polar surface area (TPSA) is 58.3 Å². The molecule has 1 aliphatic carbocycles. The molecule has 0 N–H and O–H groups in total. The van der Waals surface area contributed by atoms with E-state index in [0.29, 0.717) is 0 Å². The van der Waals surface area contributed by atoms with Gasteiger partial charge in [-0.1, -0.05) is 0 Å². The van der Waals surface area contributed by atoms with Crippen LogP contribution in [-0.2, 0) is 16.6 Å². The number of piperidine rings is 1.